The number of ether oxygens (including phenoxy) is 1. The Morgan fingerprint density at radius 2 is 1.87 bits per heavy atom. The Hall–Kier alpha value is -2.50. The lowest BCUT2D eigenvalue weighted by molar-refractivity contribution is -0.121. The van der Waals surface area contributed by atoms with Crippen molar-refractivity contribution in [3.05, 3.63) is 53.9 Å². The first-order valence-corrected chi connectivity index (χ1v) is 7.12. The molecule has 0 bridgehead atoms. The van der Waals surface area contributed by atoms with Gasteiger partial charge < -0.3 is 9.64 Å². The van der Waals surface area contributed by atoms with Crippen molar-refractivity contribution < 1.29 is 18.3 Å². The minimum atomic E-state index is -0.648. The van der Waals surface area contributed by atoms with Crippen LogP contribution in [0.3, 0.4) is 0 Å². The van der Waals surface area contributed by atoms with Crippen molar-refractivity contribution in [1.29, 1.82) is 0 Å². The van der Waals surface area contributed by atoms with Crippen molar-refractivity contribution in [2.75, 3.05) is 19.1 Å². The second-order valence-electron chi connectivity index (χ2n) is 5.36. The predicted octanol–water partition coefficient (Wildman–Crippen LogP) is 3.21. The monoisotopic (exact) mass is 320 g/mol. The van der Waals surface area contributed by atoms with Gasteiger partial charge >= 0.3 is 0 Å². The summed E-state index contributed by atoms with van der Waals surface area (Å²) in [5, 5.41) is 0. The summed E-state index contributed by atoms with van der Waals surface area (Å²) in [5.74, 6) is -1.37. The fraction of sp³-hybridized carbons (Fsp3) is 0.294. The van der Waals surface area contributed by atoms with E-state index in [2.05, 4.69) is 4.98 Å². The minimum absolute atomic E-state index is 0.176. The number of hydrogen-bond donors (Lipinski definition) is 0. The Morgan fingerprint density at radius 3 is 2.48 bits per heavy atom. The van der Waals surface area contributed by atoms with Gasteiger partial charge in [-0.25, -0.2) is 8.78 Å². The number of aromatic nitrogens is 1. The Kier molecular flexibility index (Phi) is 5.26. The highest BCUT2D eigenvalue weighted by molar-refractivity contribution is 5.94. The number of halogens is 2. The smallest absolute Gasteiger partial charge is 0.229 e. The largest absolute Gasteiger partial charge is 0.495 e. The predicted molar refractivity (Wildman–Crippen MR) is 83.4 cm³/mol. The summed E-state index contributed by atoms with van der Waals surface area (Å²) in [7, 11) is 3.14. The van der Waals surface area contributed by atoms with E-state index in [1.165, 1.54) is 24.1 Å². The van der Waals surface area contributed by atoms with Gasteiger partial charge in [0.2, 0.25) is 5.91 Å². The van der Waals surface area contributed by atoms with Crippen molar-refractivity contribution >= 4 is 11.6 Å². The van der Waals surface area contributed by atoms with Crippen LogP contribution in [0.4, 0.5) is 14.5 Å². The average molecular weight is 320 g/mol. The first-order valence-electron chi connectivity index (χ1n) is 7.12. The third kappa shape index (κ3) is 4.25. The highest BCUT2D eigenvalue weighted by Gasteiger charge is 2.20. The summed E-state index contributed by atoms with van der Waals surface area (Å²) in [6, 6.07) is 4.98. The molecule has 1 aromatic carbocycles. The fourth-order valence-electron chi connectivity index (χ4n) is 2.33. The number of methoxy groups -OCH3 is 1. The van der Waals surface area contributed by atoms with E-state index >= 15 is 0 Å². The molecule has 0 saturated carbocycles. The molecule has 0 radical (unpaired) electrons. The molecule has 1 heterocycles. The van der Waals surface area contributed by atoms with E-state index in [-0.39, 0.29) is 12.3 Å². The molecule has 0 unspecified atom stereocenters. The first kappa shape index (κ1) is 16.9. The van der Waals surface area contributed by atoms with Gasteiger partial charge in [0.05, 0.1) is 25.2 Å². The first-order chi connectivity index (χ1) is 10.9. The molecule has 0 aliphatic heterocycles. The molecule has 0 saturated heterocycles. The summed E-state index contributed by atoms with van der Waals surface area (Å²) in [6.07, 6.45) is 3.34. The van der Waals surface area contributed by atoms with Crippen LogP contribution in [0.5, 0.6) is 5.75 Å². The van der Waals surface area contributed by atoms with Crippen LogP contribution in [-0.4, -0.2) is 25.0 Å². The number of benzene rings is 1. The molecule has 0 fully saturated rings. The Morgan fingerprint density at radius 1 is 1.22 bits per heavy atom. The van der Waals surface area contributed by atoms with E-state index in [0.29, 0.717) is 17.0 Å². The average Bonchev–Trinajstić information content (AvgIpc) is 2.52. The number of rotatable bonds is 5. The normalized spacial score (nSPS) is 11.9. The second kappa shape index (κ2) is 7.17. The minimum Gasteiger partial charge on any atom is -0.495 e. The molecule has 6 heteroatoms. The van der Waals surface area contributed by atoms with Gasteiger partial charge in [-0.2, -0.15) is 0 Å². The van der Waals surface area contributed by atoms with Gasteiger partial charge in [0.1, 0.15) is 17.4 Å². The molecular formula is C17H18F2N2O2. The number of pyridine rings is 1. The second-order valence-corrected chi connectivity index (χ2v) is 5.36. The van der Waals surface area contributed by atoms with Crippen molar-refractivity contribution in [3.63, 3.8) is 0 Å². The van der Waals surface area contributed by atoms with Gasteiger partial charge in [-0.05, 0) is 24.1 Å². The molecule has 0 aliphatic rings. The molecule has 0 spiro atoms. The van der Waals surface area contributed by atoms with Gasteiger partial charge in [0.15, 0.2) is 0 Å². The summed E-state index contributed by atoms with van der Waals surface area (Å²) in [4.78, 5) is 17.9. The lowest BCUT2D eigenvalue weighted by Gasteiger charge is -2.21. The van der Waals surface area contributed by atoms with E-state index in [4.69, 9.17) is 4.74 Å². The summed E-state index contributed by atoms with van der Waals surface area (Å²) < 4.78 is 31.5. The lowest BCUT2D eigenvalue weighted by Crippen LogP contribution is -2.32. The third-order valence-corrected chi connectivity index (χ3v) is 3.54. The molecular weight excluding hydrogens is 302 g/mol. The number of hydrogen-bond acceptors (Lipinski definition) is 3. The van der Waals surface area contributed by atoms with E-state index in [1.807, 2.05) is 0 Å². The summed E-state index contributed by atoms with van der Waals surface area (Å²) in [5.41, 5.74) is 1.03. The molecule has 0 aliphatic carbocycles. The maximum absolute atomic E-state index is 13.2. The van der Waals surface area contributed by atoms with E-state index in [1.54, 1.807) is 32.4 Å². The number of carbonyl (C=O) groups excluding carboxylic acids is 1. The maximum atomic E-state index is 13.2. The number of carbonyl (C=O) groups is 1. The van der Waals surface area contributed by atoms with Crippen molar-refractivity contribution in [3.8, 4) is 5.75 Å². The molecule has 2 aromatic rings. The lowest BCUT2D eigenvalue weighted by atomic mass is 9.99. The van der Waals surface area contributed by atoms with Crippen LogP contribution in [0.25, 0.3) is 0 Å². The number of amides is 1. The van der Waals surface area contributed by atoms with Crippen LogP contribution < -0.4 is 9.64 Å². The van der Waals surface area contributed by atoms with Gasteiger partial charge in [0, 0.05) is 25.1 Å². The zero-order valence-corrected chi connectivity index (χ0v) is 13.2. The van der Waals surface area contributed by atoms with E-state index in [9.17, 15) is 13.6 Å². The Balaban J connectivity index is 2.11. The standard InChI is InChI=1S/C17H18F2N2O2/c1-11(4-12-5-13(18)7-14(19)6-12)17(22)21(2)15-8-16(23-3)10-20-9-15/h5-11H,4H2,1-3H3/t11-/m0/s1. The molecule has 122 valence electrons. The maximum Gasteiger partial charge on any atom is 0.229 e. The van der Waals surface area contributed by atoms with Crippen LogP contribution in [0.1, 0.15) is 12.5 Å². The zero-order chi connectivity index (χ0) is 17.0. The Labute approximate surface area is 133 Å². The van der Waals surface area contributed by atoms with Crippen LogP contribution >= 0.6 is 0 Å². The summed E-state index contributed by atoms with van der Waals surface area (Å²) >= 11 is 0. The van der Waals surface area contributed by atoms with Gasteiger partial charge in [-0.15, -0.1) is 0 Å². The molecule has 1 amide bonds. The van der Waals surface area contributed by atoms with Crippen molar-refractivity contribution in [2.24, 2.45) is 5.92 Å². The zero-order valence-electron chi connectivity index (χ0n) is 13.2. The number of anilines is 1. The third-order valence-electron chi connectivity index (χ3n) is 3.54. The topological polar surface area (TPSA) is 42.4 Å². The molecule has 23 heavy (non-hydrogen) atoms. The van der Waals surface area contributed by atoms with Crippen molar-refractivity contribution in [1.82, 2.24) is 4.98 Å². The van der Waals surface area contributed by atoms with Crippen LogP contribution in [0, 0.1) is 17.6 Å². The number of nitrogens with zero attached hydrogens (tertiary/aromatic N) is 2. The van der Waals surface area contributed by atoms with Crippen LogP contribution in [0.2, 0.25) is 0 Å². The van der Waals surface area contributed by atoms with Gasteiger partial charge in [0.25, 0.3) is 0 Å². The SMILES string of the molecule is COc1cncc(N(C)C(=O)[C@@H](C)Cc2cc(F)cc(F)c2)c1. The molecule has 4 nitrogen and oxygen atoms in total. The fourth-order valence-corrected chi connectivity index (χ4v) is 2.33. The van der Waals surface area contributed by atoms with Gasteiger partial charge in [-0.1, -0.05) is 6.92 Å². The quantitative estimate of drug-likeness (QED) is 0.849. The highest BCUT2D eigenvalue weighted by Crippen LogP contribution is 2.21. The van der Waals surface area contributed by atoms with Gasteiger partial charge in [-0.3, -0.25) is 9.78 Å². The molecule has 1 atom stereocenters. The van der Waals surface area contributed by atoms with E-state index < -0.39 is 17.6 Å². The molecule has 0 N–H and O–H groups in total. The molecule has 2 rings (SSSR count). The Bertz CT molecular complexity index is 686. The van der Waals surface area contributed by atoms with E-state index in [0.717, 1.165) is 6.07 Å². The van der Waals surface area contributed by atoms with Crippen molar-refractivity contribution in [2.45, 2.75) is 13.3 Å². The highest BCUT2D eigenvalue weighted by atomic mass is 19.1. The molecule has 1 aromatic heterocycles. The summed E-state index contributed by atoms with van der Waals surface area (Å²) in [6.45, 7) is 1.72. The van der Waals surface area contributed by atoms with Crippen LogP contribution in [0.15, 0.2) is 36.7 Å². The van der Waals surface area contributed by atoms with Crippen LogP contribution in [-0.2, 0) is 11.2 Å².